The number of benzene rings is 2. The summed E-state index contributed by atoms with van der Waals surface area (Å²) in [6, 6.07) is 19.2. The van der Waals surface area contributed by atoms with Crippen molar-refractivity contribution < 1.29 is 14.3 Å². The lowest BCUT2D eigenvalue weighted by atomic mass is 10.0. The second-order valence-electron chi connectivity index (χ2n) is 12.7. The number of halogens is 1. The number of rotatable bonds is 11. The predicted octanol–water partition coefficient (Wildman–Crippen LogP) is 7.75. The summed E-state index contributed by atoms with van der Waals surface area (Å²) in [5.41, 5.74) is 5.34. The fourth-order valence-electron chi connectivity index (χ4n) is 4.44. The van der Waals surface area contributed by atoms with Gasteiger partial charge in [-0.25, -0.2) is 19.6 Å². The highest BCUT2D eigenvalue weighted by atomic mass is 35.5. The van der Waals surface area contributed by atoms with Gasteiger partial charge >= 0.3 is 5.97 Å². The average molecular weight is 649 g/mol. The van der Waals surface area contributed by atoms with Gasteiger partial charge in [-0.05, 0) is 56.1 Å². The third-order valence-electron chi connectivity index (χ3n) is 6.66. The van der Waals surface area contributed by atoms with Gasteiger partial charge in [0.25, 0.3) is 0 Å². The zero-order chi connectivity index (χ0) is 31.5. The topological polar surface area (TPSA) is 97.0 Å². The number of carbonyl (C=O) groups is 1. The molecule has 3 heterocycles. The van der Waals surface area contributed by atoms with E-state index in [4.69, 9.17) is 31.0 Å². The maximum atomic E-state index is 12.5. The molecule has 2 aromatic carbocycles. The van der Waals surface area contributed by atoms with Gasteiger partial charge in [-0.15, -0.1) is 0 Å². The number of carbonyl (C=O) groups excluding carboxylic acids is 1. The molecular weight excluding hydrogens is 612 g/mol. The molecule has 0 atom stereocenters. The Hall–Kier alpha value is -3.51. The molecule has 0 amide bonds. The van der Waals surface area contributed by atoms with Crippen LogP contribution in [0.15, 0.2) is 72.4 Å². The molecule has 0 radical (unpaired) electrons. The summed E-state index contributed by atoms with van der Waals surface area (Å²) in [5.74, 6) is -0.183. The number of fused-ring (bicyclic) bond motifs is 1. The molecule has 0 saturated carbocycles. The van der Waals surface area contributed by atoms with Crippen molar-refractivity contribution in [2.75, 3.05) is 12.4 Å². The summed E-state index contributed by atoms with van der Waals surface area (Å²) in [4.78, 5) is 26.1. The minimum Gasteiger partial charge on any atom is -0.459 e. The van der Waals surface area contributed by atoms with Gasteiger partial charge in [-0.3, -0.25) is 9.36 Å². The molecule has 0 aliphatic heterocycles. The first kappa shape index (κ1) is 31.9. The number of imidazole rings is 1. The Kier molecular flexibility index (Phi) is 9.59. The monoisotopic (exact) mass is 648 g/mol. The van der Waals surface area contributed by atoms with Crippen LogP contribution in [-0.4, -0.2) is 61.3 Å². The summed E-state index contributed by atoms with van der Waals surface area (Å²) in [5, 5.41) is 5.32. The molecule has 0 unspecified atom stereocenters. The van der Waals surface area contributed by atoms with E-state index >= 15 is 0 Å². The molecule has 5 aromatic rings. The number of thioether (sulfide) groups is 1. The fourth-order valence-corrected chi connectivity index (χ4v) is 6.21. The largest absolute Gasteiger partial charge is 0.459 e. The standard InChI is InChI=1S/C32H37ClN6O3SSi/c1-32(2,3)42-28(40)18-43-31-37-30-27(38(31)21-41-15-16-44(4,5)6)17-26(33)29(36-30)24-9-7-22(8-10-24)23-11-13-25(14-12-23)39-20-34-19-35-39/h7-14,17,19-20H,15-16,18,21H2,1-6H3. The van der Waals surface area contributed by atoms with Crippen molar-refractivity contribution in [3.63, 3.8) is 0 Å². The van der Waals surface area contributed by atoms with Gasteiger partial charge in [0.05, 0.1) is 27.7 Å². The Morgan fingerprint density at radius 3 is 2.25 bits per heavy atom. The third kappa shape index (κ3) is 8.15. The molecule has 5 rings (SSSR count). The Bertz CT molecular complexity index is 1730. The number of aromatic nitrogens is 6. The van der Waals surface area contributed by atoms with E-state index in [1.54, 1.807) is 11.0 Å². The maximum absolute atomic E-state index is 12.5. The van der Waals surface area contributed by atoms with Gasteiger partial charge in [0.2, 0.25) is 0 Å². The van der Waals surface area contributed by atoms with E-state index in [0.29, 0.717) is 34.9 Å². The fraction of sp³-hybridized carbons (Fsp3) is 0.344. The number of hydrogen-bond acceptors (Lipinski definition) is 8. The van der Waals surface area contributed by atoms with Crippen LogP contribution in [0.3, 0.4) is 0 Å². The van der Waals surface area contributed by atoms with Crippen molar-refractivity contribution in [3.05, 3.63) is 72.3 Å². The van der Waals surface area contributed by atoms with Gasteiger partial charge in [0.1, 0.15) is 25.0 Å². The summed E-state index contributed by atoms with van der Waals surface area (Å²) in [6.07, 6.45) is 3.19. The zero-order valence-corrected chi connectivity index (χ0v) is 28.4. The van der Waals surface area contributed by atoms with Crippen LogP contribution in [0, 0.1) is 0 Å². The molecule has 0 N–H and O–H groups in total. The molecule has 9 nitrogen and oxygen atoms in total. The Labute approximate surface area is 268 Å². The number of ether oxygens (including phenoxy) is 2. The molecule has 0 saturated heterocycles. The van der Waals surface area contributed by atoms with Crippen LogP contribution in [0.2, 0.25) is 30.7 Å². The Balaban J connectivity index is 1.39. The highest BCUT2D eigenvalue weighted by Gasteiger charge is 2.21. The van der Waals surface area contributed by atoms with Crippen LogP contribution in [0.5, 0.6) is 0 Å². The number of pyridine rings is 1. The van der Waals surface area contributed by atoms with Crippen molar-refractivity contribution in [2.24, 2.45) is 0 Å². The van der Waals surface area contributed by atoms with Crippen molar-refractivity contribution >= 4 is 48.6 Å². The number of hydrogen-bond donors (Lipinski definition) is 0. The lowest BCUT2D eigenvalue weighted by molar-refractivity contribution is -0.151. The van der Waals surface area contributed by atoms with E-state index in [1.165, 1.54) is 18.1 Å². The summed E-state index contributed by atoms with van der Waals surface area (Å²) in [7, 11) is -1.25. The second-order valence-corrected chi connectivity index (χ2v) is 19.6. The SMILES string of the molecule is CC(C)(C)OC(=O)CSc1nc2nc(-c3ccc(-c4ccc(-n5cncn5)cc4)cc3)c(Cl)cc2n1COCC[Si](C)(C)C. The van der Waals surface area contributed by atoms with E-state index < -0.39 is 13.7 Å². The molecule has 230 valence electrons. The van der Waals surface area contributed by atoms with Crippen molar-refractivity contribution in [3.8, 4) is 28.1 Å². The zero-order valence-electron chi connectivity index (χ0n) is 25.9. The summed E-state index contributed by atoms with van der Waals surface area (Å²) < 4.78 is 15.2. The highest BCUT2D eigenvalue weighted by molar-refractivity contribution is 7.99. The van der Waals surface area contributed by atoms with Crippen LogP contribution in [0.4, 0.5) is 0 Å². The Morgan fingerprint density at radius 2 is 1.64 bits per heavy atom. The lowest BCUT2D eigenvalue weighted by Crippen LogP contribution is -2.25. The first-order chi connectivity index (χ1) is 20.9. The van der Waals surface area contributed by atoms with Gasteiger partial charge < -0.3 is 9.47 Å². The normalized spacial score (nSPS) is 12.2. The summed E-state index contributed by atoms with van der Waals surface area (Å²) >= 11 is 8.14. The maximum Gasteiger partial charge on any atom is 0.316 e. The molecule has 44 heavy (non-hydrogen) atoms. The predicted molar refractivity (Wildman–Crippen MR) is 179 cm³/mol. The third-order valence-corrected chi connectivity index (χ3v) is 9.60. The van der Waals surface area contributed by atoms with Gasteiger partial charge in [-0.1, -0.05) is 79.4 Å². The molecule has 0 aliphatic carbocycles. The first-order valence-electron chi connectivity index (χ1n) is 14.4. The highest BCUT2D eigenvalue weighted by Crippen LogP contribution is 2.33. The smallest absolute Gasteiger partial charge is 0.316 e. The average Bonchev–Trinajstić information content (AvgIpc) is 3.61. The molecule has 0 bridgehead atoms. The number of nitrogens with zero attached hydrogens (tertiary/aromatic N) is 6. The van der Waals surface area contributed by atoms with E-state index in [-0.39, 0.29) is 11.7 Å². The van der Waals surface area contributed by atoms with Gasteiger partial charge in [0.15, 0.2) is 10.8 Å². The van der Waals surface area contributed by atoms with E-state index in [2.05, 4.69) is 54.0 Å². The minimum atomic E-state index is -1.25. The summed E-state index contributed by atoms with van der Waals surface area (Å²) in [6.45, 7) is 13.5. The minimum absolute atomic E-state index is 0.122. The van der Waals surface area contributed by atoms with Crippen LogP contribution < -0.4 is 0 Å². The molecular formula is C32H37ClN6O3SSi. The van der Waals surface area contributed by atoms with E-state index in [9.17, 15) is 4.79 Å². The van der Waals surface area contributed by atoms with E-state index in [0.717, 1.165) is 33.9 Å². The Morgan fingerprint density at radius 1 is 0.977 bits per heavy atom. The van der Waals surface area contributed by atoms with E-state index in [1.807, 2.05) is 55.7 Å². The van der Waals surface area contributed by atoms with Crippen LogP contribution in [-0.2, 0) is 21.0 Å². The second kappa shape index (κ2) is 13.2. The molecule has 0 fully saturated rings. The van der Waals surface area contributed by atoms with Gasteiger partial charge in [-0.2, -0.15) is 5.10 Å². The molecule has 3 aromatic heterocycles. The van der Waals surface area contributed by atoms with Crippen LogP contribution in [0.1, 0.15) is 20.8 Å². The quantitative estimate of drug-likeness (QED) is 0.0621. The van der Waals surface area contributed by atoms with Crippen molar-refractivity contribution in [1.82, 2.24) is 29.3 Å². The molecule has 0 aliphatic rings. The van der Waals surface area contributed by atoms with Crippen LogP contribution in [0.25, 0.3) is 39.2 Å². The lowest BCUT2D eigenvalue weighted by Gasteiger charge is -2.19. The first-order valence-corrected chi connectivity index (χ1v) is 19.5. The molecule has 0 spiro atoms. The van der Waals surface area contributed by atoms with Crippen molar-refractivity contribution in [1.29, 1.82) is 0 Å². The molecule has 12 heteroatoms. The number of esters is 1. The van der Waals surface area contributed by atoms with Gasteiger partial charge in [0, 0.05) is 20.2 Å². The van der Waals surface area contributed by atoms with Crippen molar-refractivity contribution in [2.45, 2.75) is 63.9 Å². The van der Waals surface area contributed by atoms with Crippen LogP contribution >= 0.6 is 23.4 Å².